The summed E-state index contributed by atoms with van der Waals surface area (Å²) in [4.78, 5) is 4.73. The van der Waals surface area contributed by atoms with E-state index in [1.165, 1.54) is 0 Å². The lowest BCUT2D eigenvalue weighted by atomic mass is 10.2. The summed E-state index contributed by atoms with van der Waals surface area (Å²) in [5.74, 6) is 0. The zero-order chi connectivity index (χ0) is 5.33. The third-order valence-electron chi connectivity index (χ3n) is 1.04. The third-order valence-corrected chi connectivity index (χ3v) is 1.04. The van der Waals surface area contributed by atoms with Crippen LogP contribution in [0.1, 0.15) is 13.3 Å². The lowest BCUT2D eigenvalue weighted by Gasteiger charge is -1.93. The van der Waals surface area contributed by atoms with Crippen molar-refractivity contribution < 1.29 is 9.94 Å². The molecule has 2 N–H and O–H groups in total. The number of aliphatic hydroxyl groups excluding tert-OH is 1. The molecule has 1 unspecified atom stereocenters. The van der Waals surface area contributed by atoms with Gasteiger partial charge in [-0.1, -0.05) is 0 Å². The zero-order valence-corrected chi connectivity index (χ0v) is 4.27. The van der Waals surface area contributed by atoms with Gasteiger partial charge in [-0.2, -0.15) is 5.48 Å². The van der Waals surface area contributed by atoms with Crippen molar-refractivity contribution in [1.29, 1.82) is 0 Å². The molecule has 1 saturated heterocycles. The van der Waals surface area contributed by atoms with Crippen LogP contribution in [0.2, 0.25) is 0 Å². The minimum absolute atomic E-state index is 0.184. The molecule has 1 aliphatic heterocycles. The lowest BCUT2D eigenvalue weighted by Crippen LogP contribution is -2.10. The van der Waals surface area contributed by atoms with E-state index < -0.39 is 0 Å². The monoisotopic (exact) mass is 103 g/mol. The number of nitrogens with one attached hydrogen (secondary N) is 1. The van der Waals surface area contributed by atoms with Gasteiger partial charge >= 0.3 is 0 Å². The molecule has 0 aromatic rings. The summed E-state index contributed by atoms with van der Waals surface area (Å²) in [6.45, 7) is 2.08. The highest BCUT2D eigenvalue weighted by Gasteiger charge is 2.38. The molecule has 1 fully saturated rings. The van der Waals surface area contributed by atoms with Gasteiger partial charge in [0.25, 0.3) is 0 Å². The zero-order valence-electron chi connectivity index (χ0n) is 4.27. The summed E-state index contributed by atoms with van der Waals surface area (Å²) in [6.07, 6.45) is 0.674. The van der Waals surface area contributed by atoms with E-state index in [1.54, 1.807) is 0 Å². The molecule has 3 nitrogen and oxygen atoms in total. The molecule has 0 aromatic heterocycles. The number of aliphatic hydroxyl groups is 1. The van der Waals surface area contributed by atoms with Crippen LogP contribution >= 0.6 is 0 Å². The van der Waals surface area contributed by atoms with Crippen LogP contribution in [0, 0.1) is 0 Å². The van der Waals surface area contributed by atoms with Crippen LogP contribution in [-0.2, 0) is 4.84 Å². The molecule has 1 heterocycles. The minimum Gasteiger partial charge on any atom is -0.396 e. The lowest BCUT2D eigenvalue weighted by molar-refractivity contribution is 0.222. The van der Waals surface area contributed by atoms with E-state index in [2.05, 4.69) is 5.48 Å². The van der Waals surface area contributed by atoms with Crippen LogP contribution in [0.3, 0.4) is 0 Å². The fourth-order valence-electron chi connectivity index (χ4n) is 0.403. The first kappa shape index (κ1) is 5.03. The topological polar surface area (TPSA) is 54.7 Å². The van der Waals surface area contributed by atoms with Crippen molar-refractivity contribution in [3.05, 3.63) is 0 Å². The second-order valence-electron chi connectivity index (χ2n) is 1.91. The summed E-state index contributed by atoms with van der Waals surface area (Å²) in [7, 11) is 0. The maximum absolute atomic E-state index is 8.32. The molecule has 0 aliphatic carbocycles. The van der Waals surface area contributed by atoms with Gasteiger partial charge in [0.1, 0.15) is 0 Å². The van der Waals surface area contributed by atoms with Crippen LogP contribution in [0.4, 0.5) is 0 Å². The molecule has 7 heavy (non-hydrogen) atoms. The molecule has 1 rings (SSSR count). The van der Waals surface area contributed by atoms with Gasteiger partial charge in [0.05, 0.1) is 0 Å². The molecule has 0 amide bonds. The fraction of sp³-hybridized carbons (Fsp3) is 1.00. The van der Waals surface area contributed by atoms with Gasteiger partial charge in [-0.05, 0) is 6.92 Å². The average molecular weight is 103 g/mol. The smallest absolute Gasteiger partial charge is 0.161 e. The standard InChI is InChI=1S/C4H9NO2/c1-4(2-3-6)5-7-4/h5-6H,2-3H2,1H3. The van der Waals surface area contributed by atoms with E-state index in [0.29, 0.717) is 6.42 Å². The molecule has 3 heteroatoms. The van der Waals surface area contributed by atoms with Crippen molar-refractivity contribution >= 4 is 0 Å². The van der Waals surface area contributed by atoms with E-state index in [9.17, 15) is 0 Å². The Labute approximate surface area is 42.2 Å². The highest BCUT2D eigenvalue weighted by molar-refractivity contribution is 4.75. The molecular formula is C4H9NO2. The van der Waals surface area contributed by atoms with Crippen LogP contribution in [0.15, 0.2) is 0 Å². The third kappa shape index (κ3) is 1.12. The molecule has 0 bridgehead atoms. The Bertz CT molecular complexity index is 70.1. The first-order chi connectivity index (χ1) is 3.27. The van der Waals surface area contributed by atoms with Crippen LogP contribution in [0.25, 0.3) is 0 Å². The van der Waals surface area contributed by atoms with E-state index in [-0.39, 0.29) is 12.3 Å². The maximum Gasteiger partial charge on any atom is 0.161 e. The molecular weight excluding hydrogens is 94.0 g/mol. The van der Waals surface area contributed by atoms with E-state index in [1.807, 2.05) is 6.92 Å². The first-order valence-electron chi connectivity index (χ1n) is 2.33. The van der Waals surface area contributed by atoms with Crippen molar-refractivity contribution in [3.8, 4) is 0 Å². The number of hydroxylamine groups is 1. The van der Waals surface area contributed by atoms with Crippen molar-refractivity contribution in [2.75, 3.05) is 6.61 Å². The van der Waals surface area contributed by atoms with Crippen molar-refractivity contribution in [1.82, 2.24) is 5.48 Å². The van der Waals surface area contributed by atoms with Gasteiger partial charge in [-0.3, -0.25) is 4.84 Å². The van der Waals surface area contributed by atoms with Crippen molar-refractivity contribution in [2.45, 2.75) is 19.1 Å². The van der Waals surface area contributed by atoms with E-state index >= 15 is 0 Å². The number of rotatable bonds is 2. The van der Waals surface area contributed by atoms with Crippen molar-refractivity contribution in [3.63, 3.8) is 0 Å². The Morgan fingerprint density at radius 2 is 2.43 bits per heavy atom. The molecule has 0 radical (unpaired) electrons. The Morgan fingerprint density at radius 3 is 2.57 bits per heavy atom. The normalized spacial score (nSPS) is 38.6. The Morgan fingerprint density at radius 1 is 1.86 bits per heavy atom. The molecule has 42 valence electrons. The van der Waals surface area contributed by atoms with Crippen LogP contribution in [0.5, 0.6) is 0 Å². The number of hydrogen-bond donors (Lipinski definition) is 2. The fourth-order valence-corrected chi connectivity index (χ4v) is 0.403. The number of hydrogen-bond acceptors (Lipinski definition) is 3. The van der Waals surface area contributed by atoms with Crippen LogP contribution < -0.4 is 5.48 Å². The Kier molecular flexibility index (Phi) is 1.03. The first-order valence-corrected chi connectivity index (χ1v) is 2.33. The second-order valence-corrected chi connectivity index (χ2v) is 1.91. The average Bonchev–Trinajstić information content (AvgIpc) is 2.22. The quantitative estimate of drug-likeness (QED) is 0.468. The molecule has 0 aromatic carbocycles. The maximum atomic E-state index is 8.32. The summed E-state index contributed by atoms with van der Waals surface area (Å²) in [5, 5.41) is 8.32. The van der Waals surface area contributed by atoms with Gasteiger partial charge in [-0.25, -0.2) is 0 Å². The molecule has 0 saturated carbocycles. The predicted molar refractivity (Wildman–Crippen MR) is 24.3 cm³/mol. The van der Waals surface area contributed by atoms with Crippen molar-refractivity contribution in [2.24, 2.45) is 0 Å². The second kappa shape index (κ2) is 1.43. The van der Waals surface area contributed by atoms with Gasteiger partial charge in [-0.15, -0.1) is 0 Å². The molecule has 1 atom stereocenters. The molecule has 1 aliphatic rings. The summed E-state index contributed by atoms with van der Waals surface area (Å²) < 4.78 is 0. The summed E-state index contributed by atoms with van der Waals surface area (Å²) in [6, 6.07) is 0. The summed E-state index contributed by atoms with van der Waals surface area (Å²) >= 11 is 0. The highest BCUT2D eigenvalue weighted by atomic mass is 16.8. The Balaban J connectivity index is 2.13. The SMILES string of the molecule is CC1(CCO)NO1. The largest absolute Gasteiger partial charge is 0.396 e. The van der Waals surface area contributed by atoms with E-state index in [4.69, 9.17) is 9.94 Å². The van der Waals surface area contributed by atoms with E-state index in [0.717, 1.165) is 0 Å². The van der Waals surface area contributed by atoms with Gasteiger partial charge in [0, 0.05) is 13.0 Å². The minimum atomic E-state index is -0.200. The molecule has 0 spiro atoms. The highest BCUT2D eigenvalue weighted by Crippen LogP contribution is 2.20. The van der Waals surface area contributed by atoms with Gasteiger partial charge in [0.2, 0.25) is 0 Å². The van der Waals surface area contributed by atoms with Gasteiger partial charge < -0.3 is 5.11 Å². The van der Waals surface area contributed by atoms with Crippen LogP contribution in [-0.4, -0.2) is 17.4 Å². The van der Waals surface area contributed by atoms with Gasteiger partial charge in [0.15, 0.2) is 5.72 Å². The Hall–Kier alpha value is -0.120. The summed E-state index contributed by atoms with van der Waals surface area (Å²) in [5.41, 5.74) is 2.45. The predicted octanol–water partition coefficient (Wildman–Crippen LogP) is -0.380.